The molecule has 0 fully saturated rings. The van der Waals surface area contributed by atoms with Crippen molar-refractivity contribution in [3.05, 3.63) is 70.7 Å². The smallest absolute Gasteiger partial charge is 0.115 e. The highest BCUT2D eigenvalue weighted by molar-refractivity contribution is 6.30. The molecule has 0 saturated heterocycles. The molecule has 0 aliphatic carbocycles. The first-order chi connectivity index (χ1) is 9.16. The molecule has 0 aliphatic rings. The molecule has 2 nitrogen and oxygen atoms in total. The Kier molecular flexibility index (Phi) is 4.59. The summed E-state index contributed by atoms with van der Waals surface area (Å²) >= 11 is 5.95. The monoisotopic (exact) mass is 275 g/mol. The van der Waals surface area contributed by atoms with Crippen LogP contribution in [0, 0.1) is 0 Å². The van der Waals surface area contributed by atoms with Crippen molar-refractivity contribution in [2.45, 2.75) is 12.5 Å². The molecule has 2 aromatic carbocycles. The average molecular weight is 276 g/mol. The lowest BCUT2D eigenvalue weighted by atomic mass is 9.88. The van der Waals surface area contributed by atoms with Gasteiger partial charge in [0.1, 0.15) is 5.60 Å². The van der Waals surface area contributed by atoms with Crippen LogP contribution in [0.3, 0.4) is 0 Å². The Morgan fingerprint density at radius 3 is 2.16 bits per heavy atom. The first kappa shape index (κ1) is 14.1. The second-order valence-corrected chi connectivity index (χ2v) is 4.98. The fraction of sp³-hybridized carbons (Fsp3) is 0.250. The van der Waals surface area contributed by atoms with E-state index in [4.69, 9.17) is 22.1 Å². The van der Waals surface area contributed by atoms with Gasteiger partial charge < -0.3 is 10.5 Å². The lowest BCUT2D eigenvalue weighted by Crippen LogP contribution is -2.30. The molecule has 2 N–H and O–H groups in total. The van der Waals surface area contributed by atoms with E-state index < -0.39 is 5.60 Å². The van der Waals surface area contributed by atoms with Crippen molar-refractivity contribution in [1.82, 2.24) is 0 Å². The van der Waals surface area contributed by atoms with Gasteiger partial charge in [0.05, 0.1) is 6.61 Å². The molecule has 0 aromatic heterocycles. The standard InChI is InChI=1S/C16H18ClNO/c1-16(19-12-11-18,13-5-3-2-4-6-13)14-7-9-15(17)10-8-14/h2-10H,11-12,18H2,1H3. The zero-order valence-electron chi connectivity index (χ0n) is 11.0. The molecule has 1 unspecified atom stereocenters. The Bertz CT molecular complexity index is 512. The van der Waals surface area contributed by atoms with Gasteiger partial charge in [0.2, 0.25) is 0 Å². The van der Waals surface area contributed by atoms with E-state index in [0.29, 0.717) is 13.2 Å². The van der Waals surface area contributed by atoms with Gasteiger partial charge in [-0.25, -0.2) is 0 Å². The predicted octanol–water partition coefficient (Wildman–Crippen LogP) is 3.58. The zero-order chi connectivity index (χ0) is 13.7. The van der Waals surface area contributed by atoms with E-state index in [0.717, 1.165) is 16.1 Å². The molecule has 1 atom stereocenters. The van der Waals surface area contributed by atoms with E-state index in [1.54, 1.807) is 0 Å². The Labute approximate surface area is 119 Å². The minimum Gasteiger partial charge on any atom is -0.365 e. The van der Waals surface area contributed by atoms with E-state index in [-0.39, 0.29) is 0 Å². The summed E-state index contributed by atoms with van der Waals surface area (Å²) in [6.07, 6.45) is 0. The van der Waals surface area contributed by atoms with Crippen molar-refractivity contribution in [3.63, 3.8) is 0 Å². The van der Waals surface area contributed by atoms with Crippen molar-refractivity contribution >= 4 is 11.6 Å². The third kappa shape index (κ3) is 3.16. The van der Waals surface area contributed by atoms with Gasteiger partial charge in [-0.15, -0.1) is 0 Å². The summed E-state index contributed by atoms with van der Waals surface area (Å²) in [7, 11) is 0. The zero-order valence-corrected chi connectivity index (χ0v) is 11.7. The highest BCUT2D eigenvalue weighted by atomic mass is 35.5. The molecule has 2 aromatic rings. The number of benzene rings is 2. The SMILES string of the molecule is CC(OCCN)(c1ccccc1)c1ccc(Cl)cc1. The summed E-state index contributed by atoms with van der Waals surface area (Å²) in [6.45, 7) is 3.06. The summed E-state index contributed by atoms with van der Waals surface area (Å²) in [5.74, 6) is 0. The number of hydrogen-bond acceptors (Lipinski definition) is 2. The molecule has 0 amide bonds. The third-order valence-corrected chi connectivity index (χ3v) is 3.48. The molecule has 0 saturated carbocycles. The molecule has 0 radical (unpaired) electrons. The Balaban J connectivity index is 2.42. The first-order valence-electron chi connectivity index (χ1n) is 6.32. The van der Waals surface area contributed by atoms with Crippen LogP contribution in [-0.4, -0.2) is 13.2 Å². The molecule has 19 heavy (non-hydrogen) atoms. The van der Waals surface area contributed by atoms with E-state index in [1.165, 1.54) is 0 Å². The Morgan fingerprint density at radius 2 is 1.58 bits per heavy atom. The minimum atomic E-state index is -0.509. The fourth-order valence-electron chi connectivity index (χ4n) is 2.12. The molecule has 0 heterocycles. The Morgan fingerprint density at radius 1 is 1.00 bits per heavy atom. The van der Waals surface area contributed by atoms with Crippen molar-refractivity contribution in [2.24, 2.45) is 5.73 Å². The second kappa shape index (κ2) is 6.20. The third-order valence-electron chi connectivity index (χ3n) is 3.23. The van der Waals surface area contributed by atoms with Gasteiger partial charge in [-0.2, -0.15) is 0 Å². The number of rotatable bonds is 5. The quantitative estimate of drug-likeness (QED) is 0.905. The molecule has 0 spiro atoms. The van der Waals surface area contributed by atoms with Gasteiger partial charge in [-0.3, -0.25) is 0 Å². The van der Waals surface area contributed by atoms with E-state index in [9.17, 15) is 0 Å². The van der Waals surface area contributed by atoms with Gasteiger partial charge in [-0.05, 0) is 30.2 Å². The van der Waals surface area contributed by atoms with E-state index in [2.05, 4.69) is 19.1 Å². The van der Waals surface area contributed by atoms with Gasteiger partial charge in [0.15, 0.2) is 0 Å². The summed E-state index contributed by atoms with van der Waals surface area (Å²) in [6, 6.07) is 17.9. The summed E-state index contributed by atoms with van der Waals surface area (Å²) in [5, 5.41) is 0.720. The minimum absolute atomic E-state index is 0.496. The van der Waals surface area contributed by atoms with Crippen LogP contribution in [0.1, 0.15) is 18.1 Å². The lowest BCUT2D eigenvalue weighted by molar-refractivity contribution is 0.000662. The molecule has 0 bridgehead atoms. The van der Waals surface area contributed by atoms with Crippen LogP contribution in [0.2, 0.25) is 5.02 Å². The second-order valence-electron chi connectivity index (χ2n) is 4.54. The maximum Gasteiger partial charge on any atom is 0.115 e. The van der Waals surface area contributed by atoms with Gasteiger partial charge in [0, 0.05) is 11.6 Å². The van der Waals surface area contributed by atoms with Crippen LogP contribution in [-0.2, 0) is 10.3 Å². The molecule has 2 rings (SSSR count). The molecular formula is C16H18ClNO. The van der Waals surface area contributed by atoms with Crippen LogP contribution in [0.4, 0.5) is 0 Å². The van der Waals surface area contributed by atoms with Gasteiger partial charge >= 0.3 is 0 Å². The topological polar surface area (TPSA) is 35.2 Å². The molecule has 100 valence electrons. The molecule has 3 heteroatoms. The molecular weight excluding hydrogens is 258 g/mol. The van der Waals surface area contributed by atoms with Gasteiger partial charge in [-0.1, -0.05) is 54.1 Å². The van der Waals surface area contributed by atoms with E-state index >= 15 is 0 Å². The van der Waals surface area contributed by atoms with Crippen molar-refractivity contribution < 1.29 is 4.74 Å². The normalized spacial score (nSPS) is 14.1. The first-order valence-corrected chi connectivity index (χ1v) is 6.70. The maximum absolute atomic E-state index is 6.02. The number of halogens is 1. The predicted molar refractivity (Wildman–Crippen MR) is 79.4 cm³/mol. The van der Waals surface area contributed by atoms with Crippen LogP contribution in [0.25, 0.3) is 0 Å². The van der Waals surface area contributed by atoms with Crippen LogP contribution >= 0.6 is 11.6 Å². The number of hydrogen-bond donors (Lipinski definition) is 1. The van der Waals surface area contributed by atoms with Crippen LogP contribution < -0.4 is 5.73 Å². The summed E-state index contributed by atoms with van der Waals surface area (Å²) in [5.41, 5.74) is 7.23. The lowest BCUT2D eigenvalue weighted by Gasteiger charge is -2.31. The summed E-state index contributed by atoms with van der Waals surface area (Å²) < 4.78 is 6.02. The highest BCUT2D eigenvalue weighted by Crippen LogP contribution is 2.33. The number of ether oxygens (including phenoxy) is 1. The van der Waals surface area contributed by atoms with Gasteiger partial charge in [0.25, 0.3) is 0 Å². The van der Waals surface area contributed by atoms with Crippen LogP contribution in [0.5, 0.6) is 0 Å². The molecule has 0 aliphatic heterocycles. The summed E-state index contributed by atoms with van der Waals surface area (Å²) in [4.78, 5) is 0. The Hall–Kier alpha value is -1.35. The van der Waals surface area contributed by atoms with Crippen molar-refractivity contribution in [2.75, 3.05) is 13.2 Å². The van der Waals surface area contributed by atoms with Crippen LogP contribution in [0.15, 0.2) is 54.6 Å². The van der Waals surface area contributed by atoms with E-state index in [1.807, 2.05) is 42.5 Å². The van der Waals surface area contributed by atoms with Crippen molar-refractivity contribution in [1.29, 1.82) is 0 Å². The largest absolute Gasteiger partial charge is 0.365 e. The fourth-order valence-corrected chi connectivity index (χ4v) is 2.25. The average Bonchev–Trinajstić information content (AvgIpc) is 2.46. The highest BCUT2D eigenvalue weighted by Gasteiger charge is 2.29. The maximum atomic E-state index is 6.02. The number of nitrogens with two attached hydrogens (primary N) is 1. The van der Waals surface area contributed by atoms with Crippen molar-refractivity contribution in [3.8, 4) is 0 Å².